The topological polar surface area (TPSA) is 67.2 Å². The molecule has 0 unspecified atom stereocenters. The van der Waals surface area contributed by atoms with E-state index in [1.54, 1.807) is 0 Å². The second-order valence-electron chi connectivity index (χ2n) is 7.31. The molecular weight excluding hydrogens is 352 g/mol. The molecule has 2 aromatic heterocycles. The van der Waals surface area contributed by atoms with Crippen LogP contribution in [-0.2, 0) is 13.0 Å². The van der Waals surface area contributed by atoms with Gasteiger partial charge in [0, 0.05) is 35.7 Å². The number of aromatic amines is 1. The number of likely N-dealkylation sites (tertiary alicyclic amines) is 1. The predicted molar refractivity (Wildman–Crippen MR) is 108 cm³/mol. The zero-order chi connectivity index (χ0) is 19.5. The Morgan fingerprint density at radius 1 is 1.25 bits per heavy atom. The van der Waals surface area contributed by atoms with Crippen LogP contribution in [0.1, 0.15) is 55.3 Å². The summed E-state index contributed by atoms with van der Waals surface area (Å²) in [5.41, 5.74) is 5.72. The SMILES string of the molecule is CCOc1ccc(-c2[nH]ncc2CN2CCC[C@@H]2c2c(C)noc2CC)cc1. The first-order valence-corrected chi connectivity index (χ1v) is 10.2. The van der Waals surface area contributed by atoms with Crippen LogP contribution in [0.3, 0.4) is 0 Å². The number of hydrogen-bond acceptors (Lipinski definition) is 5. The van der Waals surface area contributed by atoms with Crippen molar-refractivity contribution in [1.82, 2.24) is 20.3 Å². The molecule has 6 nitrogen and oxygen atoms in total. The fourth-order valence-electron chi connectivity index (χ4n) is 4.23. The molecule has 3 aromatic rings. The molecule has 6 heteroatoms. The van der Waals surface area contributed by atoms with E-state index in [-0.39, 0.29) is 0 Å². The largest absolute Gasteiger partial charge is 0.494 e. The summed E-state index contributed by atoms with van der Waals surface area (Å²) in [5, 5.41) is 11.7. The molecule has 1 fully saturated rings. The molecule has 3 heterocycles. The van der Waals surface area contributed by atoms with Gasteiger partial charge in [0.1, 0.15) is 11.5 Å². The molecule has 0 spiro atoms. The van der Waals surface area contributed by atoms with Crippen LogP contribution in [0.5, 0.6) is 5.75 Å². The molecule has 0 bridgehead atoms. The normalized spacial score (nSPS) is 17.3. The third-order valence-corrected chi connectivity index (χ3v) is 5.55. The van der Waals surface area contributed by atoms with Crippen LogP contribution in [-0.4, -0.2) is 33.4 Å². The quantitative estimate of drug-likeness (QED) is 0.645. The molecule has 1 aromatic carbocycles. The van der Waals surface area contributed by atoms with E-state index >= 15 is 0 Å². The fraction of sp³-hybridized carbons (Fsp3) is 0.455. The maximum absolute atomic E-state index is 5.56. The van der Waals surface area contributed by atoms with Crippen LogP contribution in [0, 0.1) is 6.92 Å². The highest BCUT2D eigenvalue weighted by Crippen LogP contribution is 2.37. The first-order valence-electron chi connectivity index (χ1n) is 10.2. The molecule has 1 aliphatic heterocycles. The van der Waals surface area contributed by atoms with E-state index in [9.17, 15) is 0 Å². The lowest BCUT2D eigenvalue weighted by Gasteiger charge is -2.24. The van der Waals surface area contributed by atoms with Crippen LogP contribution < -0.4 is 4.74 Å². The smallest absolute Gasteiger partial charge is 0.141 e. The van der Waals surface area contributed by atoms with Crippen molar-refractivity contribution in [2.75, 3.05) is 13.2 Å². The van der Waals surface area contributed by atoms with Gasteiger partial charge in [-0.15, -0.1) is 0 Å². The van der Waals surface area contributed by atoms with Gasteiger partial charge in [0.15, 0.2) is 0 Å². The minimum absolute atomic E-state index is 0.365. The molecule has 0 radical (unpaired) electrons. The molecule has 1 saturated heterocycles. The lowest BCUT2D eigenvalue weighted by atomic mass is 10.0. The average Bonchev–Trinajstić information content (AvgIpc) is 3.43. The van der Waals surface area contributed by atoms with E-state index in [2.05, 4.69) is 46.2 Å². The van der Waals surface area contributed by atoms with Gasteiger partial charge in [-0.05, 0) is 57.5 Å². The minimum Gasteiger partial charge on any atom is -0.494 e. The van der Waals surface area contributed by atoms with Gasteiger partial charge in [0.25, 0.3) is 0 Å². The number of ether oxygens (including phenoxy) is 1. The summed E-state index contributed by atoms with van der Waals surface area (Å²) in [6.07, 6.45) is 5.16. The van der Waals surface area contributed by atoms with Gasteiger partial charge in [-0.3, -0.25) is 10.00 Å². The number of H-pyrrole nitrogens is 1. The number of nitrogens with zero attached hydrogens (tertiary/aromatic N) is 3. The van der Waals surface area contributed by atoms with E-state index in [1.165, 1.54) is 17.5 Å². The maximum atomic E-state index is 5.56. The van der Waals surface area contributed by atoms with Gasteiger partial charge in [0.2, 0.25) is 0 Å². The Morgan fingerprint density at radius 3 is 2.82 bits per heavy atom. The molecule has 28 heavy (non-hydrogen) atoms. The van der Waals surface area contributed by atoms with Crippen LogP contribution in [0.25, 0.3) is 11.3 Å². The summed E-state index contributed by atoms with van der Waals surface area (Å²) in [6.45, 7) is 8.78. The van der Waals surface area contributed by atoms with Crippen LogP contribution in [0.2, 0.25) is 0 Å². The molecule has 0 aliphatic carbocycles. The highest BCUT2D eigenvalue weighted by Gasteiger charge is 2.31. The summed E-state index contributed by atoms with van der Waals surface area (Å²) < 4.78 is 11.1. The van der Waals surface area contributed by atoms with Gasteiger partial charge < -0.3 is 9.26 Å². The molecule has 0 saturated carbocycles. The standard InChI is InChI=1S/C22H28N4O2/c1-4-20-21(15(3)25-28-20)19-7-6-12-26(19)14-17-13-23-24-22(17)16-8-10-18(11-9-16)27-5-2/h8-11,13,19H,4-7,12,14H2,1-3H3,(H,23,24)/t19-/m1/s1. The van der Waals surface area contributed by atoms with Gasteiger partial charge in [-0.2, -0.15) is 5.10 Å². The highest BCUT2D eigenvalue weighted by atomic mass is 16.5. The number of benzene rings is 1. The Hall–Kier alpha value is -2.60. The summed E-state index contributed by atoms with van der Waals surface area (Å²) in [7, 11) is 0. The first kappa shape index (κ1) is 18.7. The number of aromatic nitrogens is 3. The van der Waals surface area contributed by atoms with Crippen molar-refractivity contribution in [1.29, 1.82) is 0 Å². The average molecular weight is 380 g/mol. The Morgan fingerprint density at radius 2 is 2.07 bits per heavy atom. The summed E-state index contributed by atoms with van der Waals surface area (Å²) in [4.78, 5) is 2.53. The van der Waals surface area contributed by atoms with E-state index < -0.39 is 0 Å². The monoisotopic (exact) mass is 380 g/mol. The zero-order valence-electron chi connectivity index (χ0n) is 16.9. The molecule has 1 N–H and O–H groups in total. The van der Waals surface area contributed by atoms with Crippen molar-refractivity contribution in [3.8, 4) is 17.0 Å². The number of rotatable bonds is 7. The Labute approximate surface area is 165 Å². The Bertz CT molecular complexity index is 913. The molecule has 1 atom stereocenters. The fourth-order valence-corrected chi connectivity index (χ4v) is 4.23. The second kappa shape index (κ2) is 8.19. The summed E-state index contributed by atoms with van der Waals surface area (Å²) in [6, 6.07) is 8.56. The first-order chi connectivity index (χ1) is 13.7. The molecule has 4 rings (SSSR count). The van der Waals surface area contributed by atoms with Crippen molar-refractivity contribution in [3.05, 3.63) is 53.0 Å². The maximum Gasteiger partial charge on any atom is 0.141 e. The van der Waals surface area contributed by atoms with Crippen molar-refractivity contribution < 1.29 is 9.26 Å². The third kappa shape index (κ3) is 3.56. The lowest BCUT2D eigenvalue weighted by molar-refractivity contribution is 0.245. The summed E-state index contributed by atoms with van der Waals surface area (Å²) >= 11 is 0. The van der Waals surface area contributed by atoms with Gasteiger partial charge in [-0.25, -0.2) is 0 Å². The lowest BCUT2D eigenvalue weighted by Crippen LogP contribution is -2.23. The van der Waals surface area contributed by atoms with Crippen LogP contribution in [0.4, 0.5) is 0 Å². The van der Waals surface area contributed by atoms with Gasteiger partial charge in [0.05, 0.1) is 24.2 Å². The second-order valence-corrected chi connectivity index (χ2v) is 7.31. The van der Waals surface area contributed by atoms with Gasteiger partial charge >= 0.3 is 0 Å². The van der Waals surface area contributed by atoms with Crippen molar-refractivity contribution in [3.63, 3.8) is 0 Å². The van der Waals surface area contributed by atoms with Crippen molar-refractivity contribution >= 4 is 0 Å². The van der Waals surface area contributed by atoms with E-state index in [0.717, 1.165) is 54.4 Å². The Balaban J connectivity index is 1.56. The summed E-state index contributed by atoms with van der Waals surface area (Å²) in [5.74, 6) is 1.91. The third-order valence-electron chi connectivity index (χ3n) is 5.55. The highest BCUT2D eigenvalue weighted by molar-refractivity contribution is 5.63. The number of hydrogen-bond donors (Lipinski definition) is 1. The van der Waals surface area contributed by atoms with Crippen molar-refractivity contribution in [2.45, 2.75) is 52.6 Å². The molecule has 0 amide bonds. The minimum atomic E-state index is 0.365. The number of nitrogens with one attached hydrogen (secondary N) is 1. The van der Waals surface area contributed by atoms with E-state index in [1.807, 2.05) is 25.3 Å². The van der Waals surface area contributed by atoms with E-state index in [0.29, 0.717) is 12.6 Å². The van der Waals surface area contributed by atoms with E-state index in [4.69, 9.17) is 9.26 Å². The molecule has 148 valence electrons. The predicted octanol–water partition coefficient (Wildman–Crippen LogP) is 4.67. The molecule has 1 aliphatic rings. The van der Waals surface area contributed by atoms with Crippen LogP contribution >= 0.6 is 0 Å². The number of aryl methyl sites for hydroxylation is 2. The van der Waals surface area contributed by atoms with Gasteiger partial charge in [-0.1, -0.05) is 12.1 Å². The molecular formula is C22H28N4O2. The zero-order valence-corrected chi connectivity index (χ0v) is 16.9. The van der Waals surface area contributed by atoms with Crippen molar-refractivity contribution in [2.24, 2.45) is 0 Å². The Kier molecular flexibility index (Phi) is 5.48. The van der Waals surface area contributed by atoms with Crippen LogP contribution in [0.15, 0.2) is 35.0 Å².